The van der Waals surface area contributed by atoms with Crippen LogP contribution in [0.15, 0.2) is 60.8 Å². The Balaban J connectivity index is 0.742. The molecule has 0 saturated carbocycles. The summed E-state index contributed by atoms with van der Waals surface area (Å²) in [5.41, 5.74) is 7.73. The minimum atomic E-state index is -0.391. The molecule has 2 aromatic carbocycles. The van der Waals surface area contributed by atoms with Gasteiger partial charge in [0.05, 0.1) is 23.2 Å². The van der Waals surface area contributed by atoms with Crippen molar-refractivity contribution in [3.05, 3.63) is 83.2 Å². The molecular formula is C42H50N12O2. The maximum atomic E-state index is 13.1. The van der Waals surface area contributed by atoms with Gasteiger partial charge in [0.25, 0.3) is 5.91 Å². The van der Waals surface area contributed by atoms with Gasteiger partial charge in [-0.05, 0) is 93.0 Å². The number of hydrogen-bond donors (Lipinski definition) is 3. The molecule has 5 aromatic rings. The monoisotopic (exact) mass is 754 g/mol. The Hall–Kier alpha value is -5.76. The predicted octanol–water partition coefficient (Wildman–Crippen LogP) is 5.14. The fourth-order valence-electron chi connectivity index (χ4n) is 8.78. The summed E-state index contributed by atoms with van der Waals surface area (Å²) in [7, 11) is 1.90. The van der Waals surface area contributed by atoms with Crippen LogP contribution in [0.5, 0.6) is 0 Å². The third-order valence-electron chi connectivity index (χ3n) is 12.0. The quantitative estimate of drug-likeness (QED) is 0.185. The molecule has 4 aliphatic rings. The lowest BCUT2D eigenvalue weighted by Gasteiger charge is -2.40. The van der Waals surface area contributed by atoms with Crippen molar-refractivity contribution in [3.63, 3.8) is 0 Å². The molecule has 2 amide bonds. The number of aryl methyl sites for hydroxylation is 3. The van der Waals surface area contributed by atoms with Crippen LogP contribution < -0.4 is 25.8 Å². The van der Waals surface area contributed by atoms with Gasteiger partial charge in [-0.2, -0.15) is 10.1 Å². The van der Waals surface area contributed by atoms with E-state index >= 15 is 0 Å². The topological polar surface area (TPSA) is 140 Å². The summed E-state index contributed by atoms with van der Waals surface area (Å²) in [5.74, 6) is 2.75. The first-order valence-corrected chi connectivity index (χ1v) is 20.0. The zero-order valence-electron chi connectivity index (χ0n) is 32.5. The Kier molecular flexibility index (Phi) is 9.66. The summed E-state index contributed by atoms with van der Waals surface area (Å²) in [4.78, 5) is 49.1. The fourth-order valence-corrected chi connectivity index (χ4v) is 8.78. The number of carbonyl (C=O) groups excluding carboxylic acids is 2. The molecule has 290 valence electrons. The largest absolute Gasteiger partial charge is 0.369 e. The van der Waals surface area contributed by atoms with Gasteiger partial charge in [0.1, 0.15) is 11.9 Å². The van der Waals surface area contributed by atoms with E-state index < -0.39 is 6.04 Å². The lowest BCUT2D eigenvalue weighted by Crippen LogP contribution is -2.50. The van der Waals surface area contributed by atoms with E-state index in [1.807, 2.05) is 25.4 Å². The van der Waals surface area contributed by atoms with Gasteiger partial charge >= 0.3 is 0 Å². The van der Waals surface area contributed by atoms with Crippen molar-refractivity contribution in [2.24, 2.45) is 13.0 Å². The van der Waals surface area contributed by atoms with Crippen molar-refractivity contribution in [3.8, 4) is 0 Å². The van der Waals surface area contributed by atoms with Crippen molar-refractivity contribution in [2.45, 2.75) is 52.1 Å². The third kappa shape index (κ3) is 7.09. The number of para-hydroxylation sites is 1. The molecule has 14 nitrogen and oxygen atoms in total. The number of benzene rings is 2. The minimum Gasteiger partial charge on any atom is -0.369 e. The molecule has 7 heterocycles. The van der Waals surface area contributed by atoms with E-state index in [9.17, 15) is 9.59 Å². The predicted molar refractivity (Wildman–Crippen MR) is 219 cm³/mol. The lowest BCUT2D eigenvalue weighted by atomic mass is 9.95. The smallest absolute Gasteiger partial charge is 0.256 e. The van der Waals surface area contributed by atoms with Gasteiger partial charge in [-0.25, -0.2) is 14.6 Å². The van der Waals surface area contributed by atoms with E-state index in [0.717, 1.165) is 116 Å². The molecule has 1 atom stereocenters. The van der Waals surface area contributed by atoms with Gasteiger partial charge in [0.15, 0.2) is 11.5 Å². The maximum absolute atomic E-state index is 13.1. The van der Waals surface area contributed by atoms with E-state index in [-0.39, 0.29) is 11.8 Å². The van der Waals surface area contributed by atoms with E-state index in [1.165, 1.54) is 5.69 Å². The van der Waals surface area contributed by atoms with Crippen LogP contribution in [0.3, 0.4) is 0 Å². The zero-order chi connectivity index (χ0) is 38.3. The molecular weight excluding hydrogens is 705 g/mol. The lowest BCUT2D eigenvalue weighted by molar-refractivity contribution is -0.127. The normalized spacial score (nSPS) is 19.4. The molecule has 3 fully saturated rings. The Morgan fingerprint density at radius 1 is 0.839 bits per heavy atom. The number of piperidine rings is 2. The number of nitrogens with zero attached hydrogens (tertiary/aromatic N) is 9. The highest BCUT2D eigenvalue weighted by atomic mass is 16.2. The van der Waals surface area contributed by atoms with E-state index in [4.69, 9.17) is 15.1 Å². The number of hydrogen-bond acceptors (Lipinski definition) is 11. The van der Waals surface area contributed by atoms with Crippen molar-refractivity contribution >= 4 is 57.5 Å². The Morgan fingerprint density at radius 3 is 2.36 bits per heavy atom. The summed E-state index contributed by atoms with van der Waals surface area (Å²) >= 11 is 0. The van der Waals surface area contributed by atoms with Gasteiger partial charge < -0.3 is 30.7 Å². The van der Waals surface area contributed by atoms with Crippen LogP contribution in [0.2, 0.25) is 0 Å². The summed E-state index contributed by atoms with van der Waals surface area (Å²) in [6.45, 7) is 12.4. The molecule has 3 aromatic heterocycles. The molecule has 9 rings (SSSR count). The average molecular weight is 755 g/mol. The number of piperazine rings is 1. The summed E-state index contributed by atoms with van der Waals surface area (Å²) < 4.78 is 1.79. The van der Waals surface area contributed by atoms with E-state index in [1.54, 1.807) is 9.58 Å². The van der Waals surface area contributed by atoms with Gasteiger partial charge in [0, 0.05) is 82.7 Å². The number of amides is 2. The standard InChI is InChI=1S/C42H50N12O2/c1-27-6-4-7-28(2)37(27)47-38-33-24-44-42(48-39(33)50(3)49-38)45-30-9-11-31(12-10-30)52-22-20-51(21-23-52)25-29-15-18-53(19-16-29)36-14-13-32-34(46-36)26-54(41(32)56)35-8-5-17-43-40(35)55/h4,6-7,9-14,24,29,35H,5,8,15-23,25-26H2,1-3H3,(H,43,55)(H,47,49)(H,44,45,48). The van der Waals surface area contributed by atoms with Gasteiger partial charge in [-0.1, -0.05) is 18.2 Å². The second kappa shape index (κ2) is 15.1. The Morgan fingerprint density at radius 2 is 1.61 bits per heavy atom. The van der Waals surface area contributed by atoms with Crippen LogP contribution in [0.25, 0.3) is 11.0 Å². The van der Waals surface area contributed by atoms with Crippen LogP contribution in [-0.2, 0) is 18.4 Å². The molecule has 4 aliphatic heterocycles. The molecule has 3 saturated heterocycles. The number of anilines is 6. The highest BCUT2D eigenvalue weighted by Crippen LogP contribution is 2.32. The summed E-state index contributed by atoms with van der Waals surface area (Å²) in [6.07, 6.45) is 5.69. The van der Waals surface area contributed by atoms with Crippen LogP contribution >= 0.6 is 0 Å². The number of carbonyl (C=O) groups is 2. The second-order valence-corrected chi connectivity index (χ2v) is 15.7. The molecule has 1 unspecified atom stereocenters. The third-order valence-corrected chi connectivity index (χ3v) is 12.0. The van der Waals surface area contributed by atoms with Crippen LogP contribution in [0.4, 0.5) is 34.6 Å². The number of nitrogens with one attached hydrogen (secondary N) is 3. The molecule has 0 bridgehead atoms. The highest BCUT2D eigenvalue weighted by Gasteiger charge is 2.38. The first-order chi connectivity index (χ1) is 27.3. The van der Waals surface area contributed by atoms with Crippen molar-refractivity contribution in [1.29, 1.82) is 0 Å². The van der Waals surface area contributed by atoms with Gasteiger partial charge in [0.2, 0.25) is 11.9 Å². The molecule has 56 heavy (non-hydrogen) atoms. The minimum absolute atomic E-state index is 0.0486. The number of pyridine rings is 1. The number of rotatable bonds is 9. The first-order valence-electron chi connectivity index (χ1n) is 20.0. The second-order valence-electron chi connectivity index (χ2n) is 15.7. The number of fused-ring (bicyclic) bond motifs is 2. The average Bonchev–Trinajstić information content (AvgIpc) is 3.71. The van der Waals surface area contributed by atoms with Crippen molar-refractivity contribution in [1.82, 2.24) is 39.8 Å². The molecule has 3 N–H and O–H groups in total. The van der Waals surface area contributed by atoms with Crippen LogP contribution in [0, 0.1) is 19.8 Å². The maximum Gasteiger partial charge on any atom is 0.256 e. The fraction of sp³-hybridized carbons (Fsp3) is 0.429. The molecule has 14 heteroatoms. The zero-order valence-corrected chi connectivity index (χ0v) is 32.5. The van der Waals surface area contributed by atoms with Crippen molar-refractivity contribution in [2.75, 3.05) is 72.8 Å². The SMILES string of the molecule is Cc1cccc(C)c1Nc1nn(C)c2nc(Nc3ccc(N4CCN(CC5CCN(c6ccc7c(n6)CN(C6CCCNC6=O)C7=O)CC5)CC4)cc3)ncc12. The summed E-state index contributed by atoms with van der Waals surface area (Å²) in [5, 5.41) is 15.4. The Labute approximate surface area is 327 Å². The number of aromatic nitrogens is 5. The van der Waals surface area contributed by atoms with Gasteiger partial charge in [-0.15, -0.1) is 0 Å². The molecule has 0 radical (unpaired) electrons. The first kappa shape index (κ1) is 35.9. The van der Waals surface area contributed by atoms with Crippen LogP contribution in [-0.4, -0.2) is 105 Å². The molecule has 0 aliphatic carbocycles. The molecule has 0 spiro atoms. The van der Waals surface area contributed by atoms with E-state index in [0.29, 0.717) is 36.9 Å². The Bertz CT molecular complexity index is 2240. The van der Waals surface area contributed by atoms with E-state index in [2.05, 4.69) is 91.9 Å². The highest BCUT2D eigenvalue weighted by molar-refractivity contribution is 6.01. The van der Waals surface area contributed by atoms with Gasteiger partial charge in [-0.3, -0.25) is 14.5 Å². The van der Waals surface area contributed by atoms with Crippen molar-refractivity contribution < 1.29 is 9.59 Å². The van der Waals surface area contributed by atoms with Crippen LogP contribution in [0.1, 0.15) is 52.9 Å². The summed E-state index contributed by atoms with van der Waals surface area (Å²) in [6, 6.07) is 18.3.